The largest absolute Gasteiger partial charge is 0.495 e. The molecule has 1 aliphatic rings. The van der Waals surface area contributed by atoms with Crippen LogP contribution in [0.3, 0.4) is 0 Å². The first-order valence-electron chi connectivity index (χ1n) is 11.1. The number of nitrogens with zero attached hydrogens (tertiary/aromatic N) is 2. The van der Waals surface area contributed by atoms with Gasteiger partial charge in [0, 0.05) is 57.8 Å². The summed E-state index contributed by atoms with van der Waals surface area (Å²) in [5.74, 6) is 0.0691. The van der Waals surface area contributed by atoms with E-state index < -0.39 is 10.7 Å². The Morgan fingerprint density at radius 3 is 2.32 bits per heavy atom. The second kappa shape index (κ2) is 12.7. The van der Waals surface area contributed by atoms with Crippen molar-refractivity contribution in [3.63, 3.8) is 0 Å². The molecule has 34 heavy (non-hydrogen) atoms. The number of anilines is 3. The number of hydrogen-bond donors (Lipinski definition) is 2. The summed E-state index contributed by atoms with van der Waals surface area (Å²) in [6, 6.07) is 13.2. The molecule has 0 aromatic heterocycles. The fraction of sp³-hybridized carbons (Fsp3) is 0.417. The maximum atomic E-state index is 13.0. The van der Waals surface area contributed by atoms with Crippen molar-refractivity contribution in [1.82, 2.24) is 5.32 Å². The van der Waals surface area contributed by atoms with Crippen LogP contribution >= 0.6 is 23.2 Å². The van der Waals surface area contributed by atoms with Crippen LogP contribution in [0.15, 0.2) is 42.5 Å². The van der Waals surface area contributed by atoms with E-state index in [9.17, 15) is 9.59 Å². The quantitative estimate of drug-likeness (QED) is 0.377. The molecule has 0 unspecified atom stereocenters. The highest BCUT2D eigenvalue weighted by Crippen LogP contribution is 2.31. The number of rotatable bonds is 10. The SMILES string of the molecule is COCCCNC(=O)c1cc(NC(=O)C(Cl)Cl)ccc1N1CCN(c2ccccc2OC)CC1. The minimum Gasteiger partial charge on any atom is -0.495 e. The topological polar surface area (TPSA) is 83.1 Å². The molecule has 8 nitrogen and oxygen atoms in total. The van der Waals surface area contributed by atoms with Crippen molar-refractivity contribution in [2.24, 2.45) is 0 Å². The van der Waals surface area contributed by atoms with Crippen LogP contribution in [0, 0.1) is 0 Å². The molecule has 2 N–H and O–H groups in total. The zero-order valence-electron chi connectivity index (χ0n) is 19.4. The van der Waals surface area contributed by atoms with Crippen molar-refractivity contribution in [2.75, 3.05) is 68.7 Å². The molecule has 0 atom stereocenters. The van der Waals surface area contributed by atoms with Gasteiger partial charge < -0.3 is 29.9 Å². The van der Waals surface area contributed by atoms with Crippen LogP contribution in [0.4, 0.5) is 17.1 Å². The van der Waals surface area contributed by atoms with Gasteiger partial charge in [-0.05, 0) is 36.8 Å². The number of nitrogens with one attached hydrogen (secondary N) is 2. The van der Waals surface area contributed by atoms with E-state index in [1.807, 2.05) is 30.3 Å². The molecule has 0 spiro atoms. The Balaban J connectivity index is 1.77. The maximum absolute atomic E-state index is 13.0. The molecule has 184 valence electrons. The molecule has 0 radical (unpaired) electrons. The molecular weight excluding hydrogens is 479 g/mol. The number of amides is 2. The molecule has 1 fully saturated rings. The van der Waals surface area contributed by atoms with Gasteiger partial charge in [-0.1, -0.05) is 35.3 Å². The van der Waals surface area contributed by atoms with Crippen molar-refractivity contribution in [3.05, 3.63) is 48.0 Å². The minimum atomic E-state index is -1.20. The Labute approximate surface area is 210 Å². The summed E-state index contributed by atoms with van der Waals surface area (Å²) in [4.78, 5) is 28.2. The lowest BCUT2D eigenvalue weighted by Crippen LogP contribution is -2.47. The number of para-hydroxylation sites is 2. The first kappa shape index (κ1) is 25.9. The molecule has 1 heterocycles. The molecule has 10 heteroatoms. The summed E-state index contributed by atoms with van der Waals surface area (Å²) >= 11 is 11.3. The first-order valence-corrected chi connectivity index (χ1v) is 11.9. The first-order chi connectivity index (χ1) is 16.4. The highest BCUT2D eigenvalue weighted by atomic mass is 35.5. The molecule has 3 rings (SSSR count). The Hall–Kier alpha value is -2.68. The maximum Gasteiger partial charge on any atom is 0.257 e. The van der Waals surface area contributed by atoms with E-state index in [0.29, 0.717) is 30.8 Å². The number of alkyl halides is 2. The Morgan fingerprint density at radius 2 is 1.68 bits per heavy atom. The van der Waals surface area contributed by atoms with Crippen LogP contribution in [-0.2, 0) is 9.53 Å². The summed E-state index contributed by atoms with van der Waals surface area (Å²) in [6.07, 6.45) is 0.700. The van der Waals surface area contributed by atoms with Crippen LogP contribution in [0.25, 0.3) is 0 Å². The van der Waals surface area contributed by atoms with E-state index in [4.69, 9.17) is 32.7 Å². The lowest BCUT2D eigenvalue weighted by Gasteiger charge is -2.38. The van der Waals surface area contributed by atoms with Crippen LogP contribution < -0.4 is 25.2 Å². The van der Waals surface area contributed by atoms with Gasteiger partial charge in [0.15, 0.2) is 4.84 Å². The highest BCUT2D eigenvalue weighted by molar-refractivity contribution is 6.54. The van der Waals surface area contributed by atoms with Crippen LogP contribution in [0.5, 0.6) is 5.75 Å². The van der Waals surface area contributed by atoms with Gasteiger partial charge in [0.2, 0.25) is 0 Å². The molecule has 0 aliphatic carbocycles. The standard InChI is InChI=1S/C24H30Cl2N4O4/c1-33-15-5-10-27-23(31)18-16-17(28-24(32)22(25)26)8-9-19(18)29-11-13-30(14-12-29)20-6-3-4-7-21(20)34-2/h3-4,6-9,16,22H,5,10-15H2,1-2H3,(H,27,31)(H,28,32). The molecule has 2 amide bonds. The third-order valence-corrected chi connectivity index (χ3v) is 5.96. The summed E-state index contributed by atoms with van der Waals surface area (Å²) in [5, 5.41) is 5.57. The van der Waals surface area contributed by atoms with E-state index in [1.165, 1.54) is 0 Å². The van der Waals surface area contributed by atoms with Crippen molar-refractivity contribution >= 4 is 52.1 Å². The second-order valence-electron chi connectivity index (χ2n) is 7.77. The van der Waals surface area contributed by atoms with E-state index in [2.05, 4.69) is 20.4 Å². The number of carbonyl (C=O) groups is 2. The number of halogens is 2. The summed E-state index contributed by atoms with van der Waals surface area (Å²) < 4.78 is 10.6. The van der Waals surface area contributed by atoms with Gasteiger partial charge in [0.25, 0.3) is 11.8 Å². The predicted molar refractivity (Wildman–Crippen MR) is 137 cm³/mol. The fourth-order valence-electron chi connectivity index (χ4n) is 3.86. The van der Waals surface area contributed by atoms with Crippen LogP contribution in [0.1, 0.15) is 16.8 Å². The summed E-state index contributed by atoms with van der Waals surface area (Å²) in [5.41, 5.74) is 2.78. The Kier molecular flexibility index (Phi) is 9.68. The fourth-order valence-corrected chi connectivity index (χ4v) is 3.97. The average molecular weight is 509 g/mol. The third-order valence-electron chi connectivity index (χ3n) is 5.56. The average Bonchev–Trinajstić information content (AvgIpc) is 2.86. The summed E-state index contributed by atoms with van der Waals surface area (Å²) in [7, 11) is 3.29. The molecule has 1 saturated heterocycles. The van der Waals surface area contributed by atoms with Gasteiger partial charge in [-0.25, -0.2) is 0 Å². The zero-order valence-corrected chi connectivity index (χ0v) is 20.9. The van der Waals surface area contributed by atoms with E-state index in [1.54, 1.807) is 26.4 Å². The number of methoxy groups -OCH3 is 2. The molecule has 2 aromatic rings. The smallest absolute Gasteiger partial charge is 0.257 e. The molecule has 2 aromatic carbocycles. The number of piperazine rings is 1. The Morgan fingerprint density at radius 1 is 1.00 bits per heavy atom. The molecule has 1 aliphatic heterocycles. The van der Waals surface area contributed by atoms with E-state index >= 15 is 0 Å². The van der Waals surface area contributed by atoms with Gasteiger partial charge in [0.1, 0.15) is 5.75 Å². The predicted octanol–water partition coefficient (Wildman–Crippen LogP) is 3.53. The van der Waals surface area contributed by atoms with Crippen LogP contribution in [-0.4, -0.2) is 70.2 Å². The van der Waals surface area contributed by atoms with Gasteiger partial charge in [0.05, 0.1) is 18.4 Å². The highest BCUT2D eigenvalue weighted by Gasteiger charge is 2.24. The van der Waals surface area contributed by atoms with Crippen molar-refractivity contribution < 1.29 is 19.1 Å². The van der Waals surface area contributed by atoms with Crippen molar-refractivity contribution in [2.45, 2.75) is 11.3 Å². The van der Waals surface area contributed by atoms with Crippen molar-refractivity contribution in [1.29, 1.82) is 0 Å². The van der Waals surface area contributed by atoms with Gasteiger partial charge in [-0.2, -0.15) is 0 Å². The summed E-state index contributed by atoms with van der Waals surface area (Å²) in [6.45, 7) is 4.02. The van der Waals surface area contributed by atoms with E-state index in [-0.39, 0.29) is 5.91 Å². The van der Waals surface area contributed by atoms with Crippen molar-refractivity contribution in [3.8, 4) is 5.75 Å². The molecule has 0 bridgehead atoms. The third kappa shape index (κ3) is 6.68. The van der Waals surface area contributed by atoms with E-state index in [0.717, 1.165) is 43.3 Å². The molecular formula is C24H30Cl2N4O4. The number of ether oxygens (including phenoxy) is 2. The Bertz CT molecular complexity index is 981. The normalized spacial score (nSPS) is 13.7. The zero-order chi connectivity index (χ0) is 24.5. The monoisotopic (exact) mass is 508 g/mol. The number of benzene rings is 2. The lowest BCUT2D eigenvalue weighted by molar-refractivity contribution is -0.114. The van der Waals surface area contributed by atoms with Gasteiger partial charge in [-0.3, -0.25) is 9.59 Å². The second-order valence-corrected chi connectivity index (χ2v) is 8.87. The number of hydrogen-bond acceptors (Lipinski definition) is 6. The number of carbonyl (C=O) groups excluding carboxylic acids is 2. The van der Waals surface area contributed by atoms with Gasteiger partial charge >= 0.3 is 0 Å². The van der Waals surface area contributed by atoms with Gasteiger partial charge in [-0.15, -0.1) is 0 Å². The molecule has 0 saturated carbocycles. The minimum absolute atomic E-state index is 0.220. The van der Waals surface area contributed by atoms with Crippen LogP contribution in [0.2, 0.25) is 0 Å². The lowest BCUT2D eigenvalue weighted by atomic mass is 10.1.